The van der Waals surface area contributed by atoms with Crippen LogP contribution in [0.25, 0.3) is 0 Å². The minimum absolute atomic E-state index is 0.0888. The molecule has 112 valence electrons. The van der Waals surface area contributed by atoms with Crippen LogP contribution in [0.5, 0.6) is 0 Å². The first-order valence-corrected chi connectivity index (χ1v) is 6.92. The molecule has 0 aromatic rings. The molecule has 20 heavy (non-hydrogen) atoms. The molecule has 0 bridgehead atoms. The SMILES string of the molecule is NC(=O)C1COCCN1C(=O)[C@@H]1CCCC[C@@H]1C(=O)O. The number of nitrogens with zero attached hydrogens (tertiary/aromatic N) is 1. The van der Waals surface area contributed by atoms with Gasteiger partial charge in [-0.25, -0.2) is 0 Å². The van der Waals surface area contributed by atoms with Gasteiger partial charge in [0.05, 0.1) is 25.0 Å². The van der Waals surface area contributed by atoms with E-state index in [-0.39, 0.29) is 19.1 Å². The highest BCUT2D eigenvalue weighted by atomic mass is 16.5. The Kier molecular flexibility index (Phi) is 4.59. The monoisotopic (exact) mass is 284 g/mol. The summed E-state index contributed by atoms with van der Waals surface area (Å²) in [5.41, 5.74) is 5.29. The van der Waals surface area contributed by atoms with E-state index in [1.54, 1.807) is 0 Å². The highest BCUT2D eigenvalue weighted by molar-refractivity contribution is 5.90. The maximum absolute atomic E-state index is 12.6. The van der Waals surface area contributed by atoms with Crippen LogP contribution in [0, 0.1) is 11.8 Å². The van der Waals surface area contributed by atoms with Crippen molar-refractivity contribution >= 4 is 17.8 Å². The predicted octanol–water partition coefficient (Wildman–Crippen LogP) is -0.410. The lowest BCUT2D eigenvalue weighted by molar-refractivity contribution is -0.158. The molecule has 1 aliphatic carbocycles. The average Bonchev–Trinajstić information content (AvgIpc) is 2.46. The summed E-state index contributed by atoms with van der Waals surface area (Å²) in [4.78, 5) is 36.7. The fourth-order valence-corrected chi connectivity index (χ4v) is 3.04. The van der Waals surface area contributed by atoms with Gasteiger partial charge in [0.2, 0.25) is 11.8 Å². The van der Waals surface area contributed by atoms with Crippen LogP contribution in [0.1, 0.15) is 25.7 Å². The third-order valence-electron chi connectivity index (χ3n) is 4.14. The highest BCUT2D eigenvalue weighted by Crippen LogP contribution is 2.32. The normalized spacial score (nSPS) is 30.8. The molecule has 7 heteroatoms. The van der Waals surface area contributed by atoms with Crippen molar-refractivity contribution in [2.45, 2.75) is 31.7 Å². The number of amides is 2. The maximum atomic E-state index is 12.6. The Labute approximate surface area is 117 Å². The molecule has 1 heterocycles. The van der Waals surface area contributed by atoms with Gasteiger partial charge in [0.1, 0.15) is 6.04 Å². The first-order chi connectivity index (χ1) is 9.52. The second kappa shape index (κ2) is 6.21. The van der Waals surface area contributed by atoms with Crippen molar-refractivity contribution in [1.29, 1.82) is 0 Å². The number of rotatable bonds is 3. The summed E-state index contributed by atoms with van der Waals surface area (Å²) in [7, 11) is 0. The van der Waals surface area contributed by atoms with E-state index in [0.29, 0.717) is 19.4 Å². The molecule has 1 aliphatic heterocycles. The smallest absolute Gasteiger partial charge is 0.307 e. The Hall–Kier alpha value is -1.63. The molecule has 2 aliphatic rings. The molecule has 7 nitrogen and oxygen atoms in total. The number of hydrogen-bond donors (Lipinski definition) is 2. The molecule has 3 N–H and O–H groups in total. The zero-order valence-corrected chi connectivity index (χ0v) is 11.3. The van der Waals surface area contributed by atoms with E-state index in [2.05, 4.69) is 0 Å². The number of primary amides is 1. The van der Waals surface area contributed by atoms with E-state index < -0.39 is 29.8 Å². The van der Waals surface area contributed by atoms with Gasteiger partial charge < -0.3 is 20.5 Å². The van der Waals surface area contributed by atoms with Gasteiger partial charge in [-0.3, -0.25) is 14.4 Å². The lowest BCUT2D eigenvalue weighted by Crippen LogP contribution is -2.57. The molecule has 2 amide bonds. The maximum Gasteiger partial charge on any atom is 0.307 e. The molecule has 0 radical (unpaired) electrons. The lowest BCUT2D eigenvalue weighted by atomic mass is 9.78. The second-order valence-corrected chi connectivity index (χ2v) is 5.36. The summed E-state index contributed by atoms with van der Waals surface area (Å²) < 4.78 is 5.17. The summed E-state index contributed by atoms with van der Waals surface area (Å²) in [6.45, 7) is 0.723. The van der Waals surface area contributed by atoms with Crippen molar-refractivity contribution in [2.24, 2.45) is 17.6 Å². The number of aliphatic carboxylic acids is 1. The fourth-order valence-electron chi connectivity index (χ4n) is 3.04. The van der Waals surface area contributed by atoms with Crippen LogP contribution in [0.4, 0.5) is 0 Å². The molecule has 0 aromatic carbocycles. The minimum Gasteiger partial charge on any atom is -0.481 e. The van der Waals surface area contributed by atoms with E-state index in [4.69, 9.17) is 10.5 Å². The van der Waals surface area contributed by atoms with Gasteiger partial charge in [0.15, 0.2) is 0 Å². The summed E-state index contributed by atoms with van der Waals surface area (Å²) in [5.74, 6) is -3.04. The van der Waals surface area contributed by atoms with Crippen LogP contribution in [-0.2, 0) is 19.1 Å². The van der Waals surface area contributed by atoms with E-state index in [9.17, 15) is 19.5 Å². The number of nitrogens with two attached hydrogens (primary N) is 1. The average molecular weight is 284 g/mol. The van der Waals surface area contributed by atoms with E-state index in [1.165, 1.54) is 4.90 Å². The Morgan fingerprint density at radius 1 is 1.15 bits per heavy atom. The van der Waals surface area contributed by atoms with Gasteiger partial charge in [0.25, 0.3) is 0 Å². The van der Waals surface area contributed by atoms with Crippen LogP contribution >= 0.6 is 0 Å². The number of carbonyl (C=O) groups is 3. The molecular formula is C13H20N2O5. The van der Waals surface area contributed by atoms with E-state index >= 15 is 0 Å². The Balaban J connectivity index is 2.14. The Bertz CT molecular complexity index is 376. The van der Waals surface area contributed by atoms with Crippen molar-refractivity contribution in [3.05, 3.63) is 0 Å². The number of carbonyl (C=O) groups excluding carboxylic acids is 2. The Morgan fingerprint density at radius 3 is 2.40 bits per heavy atom. The molecule has 3 atom stereocenters. The van der Waals surface area contributed by atoms with Gasteiger partial charge in [-0.05, 0) is 12.8 Å². The summed E-state index contributed by atoms with van der Waals surface area (Å²) in [6.07, 6.45) is 2.73. The molecule has 1 saturated heterocycles. The molecule has 2 rings (SSSR count). The number of ether oxygens (including phenoxy) is 1. The van der Waals surface area contributed by atoms with Crippen LogP contribution < -0.4 is 5.73 Å². The van der Waals surface area contributed by atoms with Crippen LogP contribution in [-0.4, -0.2) is 53.6 Å². The van der Waals surface area contributed by atoms with Crippen LogP contribution in [0.2, 0.25) is 0 Å². The molecule has 1 saturated carbocycles. The lowest BCUT2D eigenvalue weighted by Gasteiger charge is -2.38. The van der Waals surface area contributed by atoms with Crippen LogP contribution in [0.15, 0.2) is 0 Å². The number of carboxylic acids is 1. The Morgan fingerprint density at radius 2 is 1.80 bits per heavy atom. The first kappa shape index (κ1) is 14.8. The largest absolute Gasteiger partial charge is 0.481 e. The van der Waals surface area contributed by atoms with Crippen molar-refractivity contribution in [2.75, 3.05) is 19.8 Å². The molecule has 1 unspecified atom stereocenters. The highest BCUT2D eigenvalue weighted by Gasteiger charge is 2.41. The third kappa shape index (κ3) is 2.92. The number of morpholine rings is 1. The molecule has 0 spiro atoms. The summed E-state index contributed by atoms with van der Waals surface area (Å²) in [6, 6.07) is -0.785. The van der Waals surface area contributed by atoms with Gasteiger partial charge in [-0.15, -0.1) is 0 Å². The first-order valence-electron chi connectivity index (χ1n) is 6.92. The van der Waals surface area contributed by atoms with E-state index in [0.717, 1.165) is 12.8 Å². The molecule has 2 fully saturated rings. The molecular weight excluding hydrogens is 264 g/mol. The van der Waals surface area contributed by atoms with Crippen LogP contribution in [0.3, 0.4) is 0 Å². The topological polar surface area (TPSA) is 110 Å². The van der Waals surface area contributed by atoms with Crippen molar-refractivity contribution < 1.29 is 24.2 Å². The van der Waals surface area contributed by atoms with Gasteiger partial charge in [-0.1, -0.05) is 12.8 Å². The van der Waals surface area contributed by atoms with Gasteiger partial charge in [-0.2, -0.15) is 0 Å². The summed E-state index contributed by atoms with van der Waals surface area (Å²) in [5, 5.41) is 9.24. The number of hydrogen-bond acceptors (Lipinski definition) is 4. The third-order valence-corrected chi connectivity index (χ3v) is 4.14. The zero-order valence-electron chi connectivity index (χ0n) is 11.3. The fraction of sp³-hybridized carbons (Fsp3) is 0.769. The minimum atomic E-state index is -0.938. The standard InChI is InChI=1S/C13H20N2O5/c14-11(16)10-7-20-6-5-15(10)12(17)8-3-1-2-4-9(8)13(18)19/h8-10H,1-7H2,(H2,14,16)(H,18,19)/t8-,9+,10?/m1/s1. The van der Waals surface area contributed by atoms with Crippen molar-refractivity contribution in [3.63, 3.8) is 0 Å². The van der Waals surface area contributed by atoms with Crippen molar-refractivity contribution in [3.8, 4) is 0 Å². The zero-order chi connectivity index (χ0) is 14.7. The van der Waals surface area contributed by atoms with Crippen molar-refractivity contribution in [1.82, 2.24) is 4.90 Å². The second-order valence-electron chi connectivity index (χ2n) is 5.36. The predicted molar refractivity (Wildman–Crippen MR) is 68.6 cm³/mol. The van der Waals surface area contributed by atoms with E-state index in [1.807, 2.05) is 0 Å². The molecule has 0 aromatic heterocycles. The van der Waals surface area contributed by atoms with Gasteiger partial charge in [0, 0.05) is 6.54 Å². The quantitative estimate of drug-likeness (QED) is 0.732. The number of carboxylic acid groups (broad SMARTS) is 1. The summed E-state index contributed by atoms with van der Waals surface area (Å²) >= 11 is 0. The van der Waals surface area contributed by atoms with Gasteiger partial charge >= 0.3 is 5.97 Å².